The molecule has 1 aliphatic heterocycles. The summed E-state index contributed by atoms with van der Waals surface area (Å²) in [7, 11) is 0. The van der Waals surface area contributed by atoms with Crippen LogP contribution in [0.3, 0.4) is 0 Å². The van der Waals surface area contributed by atoms with Gasteiger partial charge in [0.1, 0.15) is 0 Å². The third-order valence-electron chi connectivity index (χ3n) is 8.25. The van der Waals surface area contributed by atoms with E-state index in [9.17, 15) is 14.9 Å². The molecule has 2 bridgehead atoms. The molecule has 6 nitrogen and oxygen atoms in total. The van der Waals surface area contributed by atoms with Gasteiger partial charge in [-0.15, -0.1) is 0 Å². The summed E-state index contributed by atoms with van der Waals surface area (Å²) in [5, 5.41) is 16.0. The molecular weight excluding hydrogens is 424 g/mol. The maximum atomic E-state index is 13.2. The number of para-hydroxylation sites is 1. The van der Waals surface area contributed by atoms with E-state index in [0.717, 1.165) is 33.5 Å². The molecular formula is C28H22N4O2. The molecule has 4 aliphatic carbocycles. The van der Waals surface area contributed by atoms with E-state index >= 15 is 0 Å². The summed E-state index contributed by atoms with van der Waals surface area (Å²) in [6.45, 7) is 0.543. The van der Waals surface area contributed by atoms with Crippen LogP contribution >= 0.6 is 0 Å². The Morgan fingerprint density at radius 1 is 0.971 bits per heavy atom. The number of nitriles is 1. The highest BCUT2D eigenvalue weighted by atomic mass is 16.2. The Morgan fingerprint density at radius 2 is 1.65 bits per heavy atom. The Kier molecular flexibility index (Phi) is 4.02. The smallest absolute Gasteiger partial charge is 0.254 e. The number of benzene rings is 2. The van der Waals surface area contributed by atoms with Crippen molar-refractivity contribution in [3.8, 4) is 6.07 Å². The highest BCUT2D eigenvalue weighted by molar-refractivity contribution is 6.07. The van der Waals surface area contributed by atoms with Gasteiger partial charge in [-0.25, -0.2) is 0 Å². The number of hydrogen-bond donors (Lipinski definition) is 0. The van der Waals surface area contributed by atoms with Crippen LogP contribution in [-0.2, 0) is 16.1 Å². The van der Waals surface area contributed by atoms with Crippen LogP contribution in [0.2, 0.25) is 0 Å². The van der Waals surface area contributed by atoms with Gasteiger partial charge in [-0.2, -0.15) is 15.4 Å². The average molecular weight is 447 g/mol. The minimum absolute atomic E-state index is 0.150. The van der Waals surface area contributed by atoms with Crippen molar-refractivity contribution in [3.05, 3.63) is 83.6 Å². The molecule has 6 heteroatoms. The fraction of sp³-hybridized carbons (Fsp3) is 0.286. The van der Waals surface area contributed by atoms with Crippen LogP contribution in [-0.4, -0.2) is 27.6 Å². The molecule has 5 aliphatic rings. The van der Waals surface area contributed by atoms with Gasteiger partial charge in [0.25, 0.3) is 11.8 Å². The summed E-state index contributed by atoms with van der Waals surface area (Å²) in [4.78, 5) is 26.5. The third kappa shape index (κ3) is 2.64. The van der Waals surface area contributed by atoms with Crippen molar-refractivity contribution >= 4 is 28.9 Å². The van der Waals surface area contributed by atoms with Crippen molar-refractivity contribution < 1.29 is 9.59 Å². The lowest BCUT2D eigenvalue weighted by atomic mass is 9.63. The summed E-state index contributed by atoms with van der Waals surface area (Å²) in [6, 6.07) is 17.8. The SMILES string of the molecule is N#Cc1ccccc1Cn1cc(C=NN2C(=O)[C@@H]3[C@H]4C=C[C@@H]([C@@H]5C[C@H]45)[C@@H]3C2=O)c2ccccc21. The van der Waals surface area contributed by atoms with Crippen molar-refractivity contribution in [1.82, 2.24) is 9.58 Å². The van der Waals surface area contributed by atoms with Gasteiger partial charge in [0.15, 0.2) is 0 Å². The van der Waals surface area contributed by atoms with Gasteiger partial charge >= 0.3 is 0 Å². The highest BCUT2D eigenvalue weighted by Crippen LogP contribution is 2.65. The first-order chi connectivity index (χ1) is 16.7. The minimum Gasteiger partial charge on any atom is -0.342 e. The minimum atomic E-state index is -0.243. The summed E-state index contributed by atoms with van der Waals surface area (Å²) >= 11 is 0. The fourth-order valence-corrected chi connectivity index (χ4v) is 6.63. The number of amides is 2. The Hall–Kier alpha value is -3.98. The summed E-state index contributed by atoms with van der Waals surface area (Å²) < 4.78 is 2.08. The predicted molar refractivity (Wildman–Crippen MR) is 126 cm³/mol. The van der Waals surface area contributed by atoms with Gasteiger partial charge in [0.05, 0.1) is 29.7 Å². The quantitative estimate of drug-likeness (QED) is 0.346. The van der Waals surface area contributed by atoms with Gasteiger partial charge in [-0.3, -0.25) is 9.59 Å². The molecule has 0 unspecified atom stereocenters. The number of carbonyl (C=O) groups excluding carboxylic acids is 2. The number of hydrogen-bond acceptors (Lipinski definition) is 4. The van der Waals surface area contributed by atoms with Crippen LogP contribution in [0.4, 0.5) is 0 Å². The Bertz CT molecular complexity index is 1440. The molecule has 3 fully saturated rings. The van der Waals surface area contributed by atoms with Crippen molar-refractivity contribution in [3.63, 3.8) is 0 Å². The molecule has 2 saturated carbocycles. The van der Waals surface area contributed by atoms with Crippen molar-refractivity contribution in [1.29, 1.82) is 5.26 Å². The molecule has 8 rings (SSSR count). The monoisotopic (exact) mass is 446 g/mol. The van der Waals surface area contributed by atoms with Gasteiger partial charge in [0, 0.05) is 29.2 Å². The number of imide groups is 1. The zero-order valence-electron chi connectivity index (χ0n) is 18.4. The van der Waals surface area contributed by atoms with E-state index in [1.165, 1.54) is 0 Å². The lowest BCUT2D eigenvalue weighted by Crippen LogP contribution is -2.40. The second kappa shape index (κ2) is 7.01. The van der Waals surface area contributed by atoms with E-state index in [0.29, 0.717) is 23.9 Å². The highest BCUT2D eigenvalue weighted by Gasteiger charge is 2.67. The van der Waals surface area contributed by atoms with E-state index in [1.807, 2.05) is 54.7 Å². The summed E-state index contributed by atoms with van der Waals surface area (Å²) in [6.07, 6.45) is 9.10. The molecule has 0 N–H and O–H groups in total. The molecule has 0 spiro atoms. The Labute approximate surface area is 196 Å². The molecule has 2 amide bonds. The largest absolute Gasteiger partial charge is 0.342 e. The van der Waals surface area contributed by atoms with E-state index in [-0.39, 0.29) is 35.5 Å². The molecule has 1 saturated heterocycles. The van der Waals surface area contributed by atoms with E-state index < -0.39 is 0 Å². The van der Waals surface area contributed by atoms with Gasteiger partial charge in [-0.1, -0.05) is 48.6 Å². The number of fused-ring (bicyclic) bond motifs is 1. The van der Waals surface area contributed by atoms with Crippen LogP contribution in [0, 0.1) is 46.8 Å². The van der Waals surface area contributed by atoms with Crippen molar-refractivity contribution in [2.45, 2.75) is 13.0 Å². The standard InChI is InChI=1S/C28H22N4O2/c29-12-16-5-1-2-6-17(16)14-31-15-18(19-7-3-4-8-24(19)31)13-30-32-27(33)25-20-9-10-21(23-11-22(20)23)26(25)28(32)34/h1-10,13,15,20-23,25-26H,11,14H2/t20-,21-,22-,23+,25-,26+/m0/s1. The first-order valence-corrected chi connectivity index (χ1v) is 11.8. The topological polar surface area (TPSA) is 78.5 Å². The van der Waals surface area contributed by atoms with Gasteiger partial charge in [-0.05, 0) is 47.8 Å². The number of allylic oxidation sites excluding steroid dienone is 2. The maximum absolute atomic E-state index is 13.2. The van der Waals surface area contributed by atoms with Crippen LogP contribution in [0.25, 0.3) is 10.9 Å². The second-order valence-corrected chi connectivity index (χ2v) is 9.89. The zero-order chi connectivity index (χ0) is 23.0. The van der Waals surface area contributed by atoms with Crippen LogP contribution < -0.4 is 0 Å². The molecule has 166 valence electrons. The molecule has 3 aromatic rings. The zero-order valence-corrected chi connectivity index (χ0v) is 18.4. The Balaban J connectivity index is 1.22. The number of nitrogens with zero attached hydrogens (tertiary/aromatic N) is 4. The molecule has 6 atom stereocenters. The van der Waals surface area contributed by atoms with E-state index in [1.54, 1.807) is 6.21 Å². The molecule has 2 aromatic carbocycles. The van der Waals surface area contributed by atoms with Crippen molar-refractivity contribution in [2.24, 2.45) is 40.6 Å². The predicted octanol–water partition coefficient (Wildman–Crippen LogP) is 3.95. The molecule has 2 heterocycles. The lowest BCUT2D eigenvalue weighted by molar-refractivity contribution is -0.140. The average Bonchev–Trinajstić information content (AvgIpc) is 3.58. The first-order valence-electron chi connectivity index (χ1n) is 11.8. The molecule has 0 radical (unpaired) electrons. The maximum Gasteiger partial charge on any atom is 0.254 e. The number of aromatic nitrogens is 1. The van der Waals surface area contributed by atoms with Crippen LogP contribution in [0.1, 0.15) is 23.1 Å². The number of carbonyl (C=O) groups is 2. The Morgan fingerprint density at radius 3 is 2.38 bits per heavy atom. The lowest BCUT2D eigenvalue weighted by Gasteiger charge is -2.37. The first kappa shape index (κ1) is 19.5. The number of rotatable bonds is 4. The summed E-state index contributed by atoms with van der Waals surface area (Å²) in [5.74, 6) is 0.750. The fourth-order valence-electron chi connectivity index (χ4n) is 6.63. The van der Waals surface area contributed by atoms with Crippen LogP contribution in [0.5, 0.6) is 0 Å². The molecule has 1 aromatic heterocycles. The van der Waals surface area contributed by atoms with Crippen molar-refractivity contribution in [2.75, 3.05) is 0 Å². The molecule has 34 heavy (non-hydrogen) atoms. The summed E-state index contributed by atoms with van der Waals surface area (Å²) in [5.41, 5.74) is 3.42. The van der Waals surface area contributed by atoms with Gasteiger partial charge in [0.2, 0.25) is 0 Å². The third-order valence-corrected chi connectivity index (χ3v) is 8.25. The van der Waals surface area contributed by atoms with E-state index in [4.69, 9.17) is 0 Å². The van der Waals surface area contributed by atoms with Gasteiger partial charge < -0.3 is 4.57 Å². The van der Waals surface area contributed by atoms with E-state index in [2.05, 4.69) is 27.9 Å². The normalized spacial score (nSPS) is 30.7. The number of hydrazone groups is 1. The second-order valence-electron chi connectivity index (χ2n) is 9.89. The van der Waals surface area contributed by atoms with Crippen LogP contribution in [0.15, 0.2) is 72.0 Å².